The maximum atomic E-state index is 13.1. The molecule has 1 fully saturated rings. The highest BCUT2D eigenvalue weighted by molar-refractivity contribution is 9.10. The van der Waals surface area contributed by atoms with Crippen LogP contribution in [0.25, 0.3) is 0 Å². The Hall–Kier alpha value is 0.110. The molecule has 94 valence electrons. The molecule has 0 bridgehead atoms. The molecule has 0 radical (unpaired) electrons. The molecule has 1 aromatic carbocycles. The van der Waals surface area contributed by atoms with Crippen molar-refractivity contribution in [2.45, 2.75) is 43.4 Å². The summed E-state index contributed by atoms with van der Waals surface area (Å²) in [5.41, 5.74) is 1.08. The second kappa shape index (κ2) is 6.33. The Morgan fingerprint density at radius 3 is 2.71 bits per heavy atom. The van der Waals surface area contributed by atoms with Crippen LogP contribution in [0.15, 0.2) is 22.7 Å². The lowest BCUT2D eigenvalue weighted by Gasteiger charge is -2.17. The van der Waals surface area contributed by atoms with E-state index in [9.17, 15) is 4.39 Å². The van der Waals surface area contributed by atoms with E-state index in [0.29, 0.717) is 4.83 Å². The van der Waals surface area contributed by atoms with Crippen molar-refractivity contribution in [3.63, 3.8) is 0 Å². The summed E-state index contributed by atoms with van der Waals surface area (Å²) >= 11 is 7.28. The summed E-state index contributed by atoms with van der Waals surface area (Å²) in [6.45, 7) is 0. The molecule has 0 aliphatic heterocycles. The van der Waals surface area contributed by atoms with Crippen molar-refractivity contribution in [1.29, 1.82) is 0 Å². The number of hydrogen-bond donors (Lipinski definition) is 0. The van der Waals surface area contributed by atoms with Crippen LogP contribution in [-0.2, 0) is 6.42 Å². The Morgan fingerprint density at radius 2 is 2.00 bits per heavy atom. The van der Waals surface area contributed by atoms with Crippen LogP contribution < -0.4 is 0 Å². The van der Waals surface area contributed by atoms with Crippen molar-refractivity contribution in [2.75, 3.05) is 0 Å². The lowest BCUT2D eigenvalue weighted by molar-refractivity contribution is 0.505. The minimum atomic E-state index is -0.143. The number of hydrogen-bond acceptors (Lipinski definition) is 0. The van der Waals surface area contributed by atoms with Crippen LogP contribution in [-0.4, -0.2) is 4.83 Å². The summed E-state index contributed by atoms with van der Waals surface area (Å²) < 4.78 is 14.2. The highest BCUT2D eigenvalue weighted by Gasteiger charge is 2.22. The Morgan fingerprint density at radius 1 is 1.29 bits per heavy atom. The molecule has 1 aliphatic rings. The average molecular weight is 364 g/mol. The second-order valence-corrected chi connectivity index (χ2v) is 6.87. The molecule has 3 heteroatoms. The lowest BCUT2D eigenvalue weighted by Crippen LogP contribution is -2.11. The minimum Gasteiger partial charge on any atom is -0.207 e. The van der Waals surface area contributed by atoms with Crippen molar-refractivity contribution in [3.8, 4) is 0 Å². The van der Waals surface area contributed by atoms with Gasteiger partial charge >= 0.3 is 0 Å². The zero-order chi connectivity index (χ0) is 12.3. The highest BCUT2D eigenvalue weighted by Crippen LogP contribution is 2.34. The molecule has 0 aromatic heterocycles. The van der Waals surface area contributed by atoms with Gasteiger partial charge in [-0.05, 0) is 55.4 Å². The summed E-state index contributed by atoms with van der Waals surface area (Å²) in [6, 6.07) is 4.93. The molecule has 0 heterocycles. The van der Waals surface area contributed by atoms with Gasteiger partial charge in [0.1, 0.15) is 5.82 Å². The van der Waals surface area contributed by atoms with Crippen molar-refractivity contribution >= 4 is 31.9 Å². The predicted molar refractivity (Wildman–Crippen MR) is 77.1 cm³/mol. The zero-order valence-electron chi connectivity index (χ0n) is 9.76. The van der Waals surface area contributed by atoms with Crippen molar-refractivity contribution < 1.29 is 4.39 Å². The van der Waals surface area contributed by atoms with Gasteiger partial charge in [0.2, 0.25) is 0 Å². The molecule has 1 aromatic rings. The van der Waals surface area contributed by atoms with Crippen molar-refractivity contribution in [1.82, 2.24) is 0 Å². The smallest absolute Gasteiger partial charge is 0.123 e. The summed E-state index contributed by atoms with van der Waals surface area (Å²) in [4.78, 5) is 0.583. The first-order chi connectivity index (χ1) is 8.16. The fourth-order valence-corrected chi connectivity index (χ4v) is 3.79. The van der Waals surface area contributed by atoms with Gasteiger partial charge in [0.25, 0.3) is 0 Å². The molecule has 0 amide bonds. The van der Waals surface area contributed by atoms with Gasteiger partial charge in [0.05, 0.1) is 0 Å². The monoisotopic (exact) mass is 362 g/mol. The van der Waals surface area contributed by atoms with E-state index in [-0.39, 0.29) is 5.82 Å². The summed E-state index contributed by atoms with van der Waals surface area (Å²) in [5.74, 6) is 0.678. The third kappa shape index (κ3) is 3.78. The largest absolute Gasteiger partial charge is 0.207 e. The van der Waals surface area contributed by atoms with Gasteiger partial charge in [-0.3, -0.25) is 0 Å². The van der Waals surface area contributed by atoms with E-state index in [2.05, 4.69) is 31.9 Å². The Labute approximate surface area is 119 Å². The van der Waals surface area contributed by atoms with Crippen LogP contribution in [0.5, 0.6) is 0 Å². The number of aryl methyl sites for hydroxylation is 1. The Balaban J connectivity index is 1.90. The fourth-order valence-electron chi connectivity index (χ4n) is 2.58. The van der Waals surface area contributed by atoms with Crippen molar-refractivity contribution in [2.24, 2.45) is 5.92 Å². The first-order valence-electron chi connectivity index (χ1n) is 6.25. The van der Waals surface area contributed by atoms with Crippen LogP contribution in [0.1, 0.15) is 37.7 Å². The molecule has 1 unspecified atom stereocenters. The van der Waals surface area contributed by atoms with Gasteiger partial charge in [-0.1, -0.05) is 44.7 Å². The SMILES string of the molecule is Fc1ccc(Br)c(CCC(Br)C2CCCC2)c1. The molecule has 1 aliphatic carbocycles. The topological polar surface area (TPSA) is 0 Å². The highest BCUT2D eigenvalue weighted by atomic mass is 79.9. The van der Waals surface area contributed by atoms with Gasteiger partial charge < -0.3 is 0 Å². The van der Waals surface area contributed by atoms with Gasteiger partial charge in [-0.25, -0.2) is 4.39 Å². The molecular formula is C14H17Br2F. The van der Waals surface area contributed by atoms with E-state index in [1.165, 1.54) is 31.7 Å². The number of rotatable bonds is 4. The summed E-state index contributed by atoms with van der Waals surface area (Å²) in [7, 11) is 0. The third-order valence-corrected chi connectivity index (χ3v) is 5.59. The molecule has 17 heavy (non-hydrogen) atoms. The van der Waals surface area contributed by atoms with Crippen LogP contribution in [0, 0.1) is 11.7 Å². The third-order valence-electron chi connectivity index (χ3n) is 3.61. The maximum absolute atomic E-state index is 13.1. The first-order valence-corrected chi connectivity index (χ1v) is 7.95. The average Bonchev–Trinajstić information content (AvgIpc) is 2.83. The molecule has 0 N–H and O–H groups in total. The minimum absolute atomic E-state index is 0.143. The van der Waals surface area contributed by atoms with Crippen LogP contribution in [0.2, 0.25) is 0 Å². The van der Waals surface area contributed by atoms with Crippen LogP contribution in [0.4, 0.5) is 4.39 Å². The zero-order valence-corrected chi connectivity index (χ0v) is 12.9. The van der Waals surface area contributed by atoms with Gasteiger partial charge in [-0.2, -0.15) is 0 Å². The van der Waals surface area contributed by atoms with Gasteiger partial charge in [-0.15, -0.1) is 0 Å². The predicted octanol–water partition coefficient (Wildman–Crippen LogP) is 5.47. The van der Waals surface area contributed by atoms with Crippen LogP contribution in [0.3, 0.4) is 0 Å². The van der Waals surface area contributed by atoms with Gasteiger partial charge in [0.15, 0.2) is 0 Å². The van der Waals surface area contributed by atoms with Crippen LogP contribution >= 0.6 is 31.9 Å². The number of alkyl halides is 1. The second-order valence-electron chi connectivity index (χ2n) is 4.83. The number of halogens is 3. The van der Waals surface area contributed by atoms with Gasteiger partial charge in [0, 0.05) is 9.30 Å². The maximum Gasteiger partial charge on any atom is 0.123 e. The molecule has 2 rings (SSSR count). The number of benzene rings is 1. The van der Waals surface area contributed by atoms with E-state index in [0.717, 1.165) is 28.8 Å². The van der Waals surface area contributed by atoms with E-state index in [1.54, 1.807) is 12.1 Å². The molecule has 0 spiro atoms. The molecule has 1 saturated carbocycles. The standard InChI is InChI=1S/C14H17Br2F/c15-13(10-3-1-2-4-10)7-5-11-9-12(17)6-8-14(11)16/h6,8-10,13H,1-5,7H2. The fraction of sp³-hybridized carbons (Fsp3) is 0.571. The Bertz CT molecular complexity index is 372. The summed E-state index contributed by atoms with van der Waals surface area (Å²) in [6.07, 6.45) is 7.46. The lowest BCUT2D eigenvalue weighted by atomic mass is 9.98. The molecule has 1 atom stereocenters. The van der Waals surface area contributed by atoms with E-state index < -0.39 is 0 Å². The molecule has 0 saturated heterocycles. The molecular weight excluding hydrogens is 347 g/mol. The quantitative estimate of drug-likeness (QED) is 0.622. The van der Waals surface area contributed by atoms with E-state index in [4.69, 9.17) is 0 Å². The summed E-state index contributed by atoms with van der Waals surface area (Å²) in [5, 5.41) is 0. The Kier molecular flexibility index (Phi) is 5.04. The van der Waals surface area contributed by atoms with E-state index >= 15 is 0 Å². The molecule has 0 nitrogen and oxygen atoms in total. The first kappa shape index (κ1) is 13.5. The normalized spacial score (nSPS) is 18.5. The van der Waals surface area contributed by atoms with Crippen molar-refractivity contribution in [3.05, 3.63) is 34.1 Å². The van der Waals surface area contributed by atoms with E-state index in [1.807, 2.05) is 0 Å².